The summed E-state index contributed by atoms with van der Waals surface area (Å²) >= 11 is 0. The van der Waals surface area contributed by atoms with Gasteiger partial charge in [-0.3, -0.25) is 4.79 Å². The average Bonchev–Trinajstić information content (AvgIpc) is 2.67. The Bertz CT molecular complexity index is 781. The Morgan fingerprint density at radius 1 is 1.08 bits per heavy atom. The van der Waals surface area contributed by atoms with Gasteiger partial charge in [0.25, 0.3) is 5.56 Å². The van der Waals surface area contributed by atoms with Crippen LogP contribution in [0.4, 0.5) is 0 Å². The van der Waals surface area contributed by atoms with Crippen LogP contribution in [0.3, 0.4) is 0 Å². The van der Waals surface area contributed by atoms with Gasteiger partial charge >= 0.3 is 0 Å². The highest BCUT2D eigenvalue weighted by molar-refractivity contribution is 5.43. The molecule has 132 valence electrons. The van der Waals surface area contributed by atoms with E-state index in [0.29, 0.717) is 19.3 Å². The summed E-state index contributed by atoms with van der Waals surface area (Å²) in [5, 5.41) is 7.85. The Balaban J connectivity index is 1.30. The first kappa shape index (κ1) is 16.1. The third kappa shape index (κ3) is 3.69. The summed E-state index contributed by atoms with van der Waals surface area (Å²) in [5.41, 5.74) is 1.20. The summed E-state index contributed by atoms with van der Waals surface area (Å²) in [4.78, 5) is 11.9. The lowest BCUT2D eigenvalue weighted by molar-refractivity contribution is 0.171. The van der Waals surface area contributed by atoms with Crippen molar-refractivity contribution in [2.75, 3.05) is 13.2 Å². The molecule has 6 heteroatoms. The van der Waals surface area contributed by atoms with E-state index in [0.717, 1.165) is 43.7 Å². The zero-order chi connectivity index (χ0) is 17.1. The third-order valence-electron chi connectivity index (χ3n) is 4.99. The molecule has 1 fully saturated rings. The van der Waals surface area contributed by atoms with E-state index in [-0.39, 0.29) is 11.6 Å². The minimum absolute atomic E-state index is 0.00446. The van der Waals surface area contributed by atoms with Gasteiger partial charge in [0, 0.05) is 24.8 Å². The molecule has 0 bridgehead atoms. The van der Waals surface area contributed by atoms with Gasteiger partial charge in [0.15, 0.2) is 11.5 Å². The van der Waals surface area contributed by atoms with Crippen molar-refractivity contribution < 1.29 is 9.47 Å². The second kappa shape index (κ2) is 7.27. The number of aromatic nitrogens is 2. The maximum Gasteiger partial charge on any atom is 0.266 e. The first-order chi connectivity index (χ1) is 12.3. The predicted molar refractivity (Wildman–Crippen MR) is 94.1 cm³/mol. The number of benzene rings is 1. The van der Waals surface area contributed by atoms with Crippen molar-refractivity contribution in [3.8, 4) is 11.5 Å². The monoisotopic (exact) mass is 341 g/mol. The molecule has 2 heterocycles. The van der Waals surface area contributed by atoms with E-state index < -0.39 is 0 Å². The average molecular weight is 341 g/mol. The van der Waals surface area contributed by atoms with Crippen molar-refractivity contribution in [3.63, 3.8) is 0 Å². The predicted octanol–water partition coefficient (Wildman–Crippen LogP) is 2.29. The molecule has 2 aliphatic rings. The zero-order valence-corrected chi connectivity index (χ0v) is 14.2. The molecule has 0 atom stereocenters. The van der Waals surface area contributed by atoms with Crippen LogP contribution in [0.1, 0.15) is 37.3 Å². The summed E-state index contributed by atoms with van der Waals surface area (Å²) in [6, 6.07) is 10.1. The molecule has 1 saturated carbocycles. The van der Waals surface area contributed by atoms with E-state index in [9.17, 15) is 4.79 Å². The summed E-state index contributed by atoms with van der Waals surface area (Å²) in [6.07, 6.45) is 5.76. The van der Waals surface area contributed by atoms with Gasteiger partial charge in [-0.25, -0.2) is 4.68 Å². The van der Waals surface area contributed by atoms with Crippen LogP contribution in [0.2, 0.25) is 0 Å². The largest absolute Gasteiger partial charge is 0.486 e. The molecule has 25 heavy (non-hydrogen) atoms. The number of hydrogen-bond acceptors (Lipinski definition) is 5. The summed E-state index contributed by atoms with van der Waals surface area (Å²) in [6.45, 7) is 2.05. The van der Waals surface area contributed by atoms with Gasteiger partial charge in [0.1, 0.15) is 13.2 Å². The normalized spacial score (nSPS) is 22.6. The molecule has 1 aromatic carbocycles. The smallest absolute Gasteiger partial charge is 0.266 e. The van der Waals surface area contributed by atoms with E-state index in [1.165, 1.54) is 5.56 Å². The second-order valence-corrected chi connectivity index (χ2v) is 6.67. The van der Waals surface area contributed by atoms with Gasteiger partial charge in [0.2, 0.25) is 0 Å². The van der Waals surface area contributed by atoms with E-state index in [4.69, 9.17) is 9.47 Å². The van der Waals surface area contributed by atoms with E-state index in [1.807, 2.05) is 6.07 Å². The van der Waals surface area contributed by atoms with Gasteiger partial charge < -0.3 is 14.8 Å². The van der Waals surface area contributed by atoms with Crippen molar-refractivity contribution in [1.82, 2.24) is 15.1 Å². The molecule has 1 N–H and O–H groups in total. The Morgan fingerprint density at radius 3 is 2.68 bits per heavy atom. The van der Waals surface area contributed by atoms with Crippen LogP contribution in [-0.2, 0) is 6.54 Å². The van der Waals surface area contributed by atoms with Crippen LogP contribution < -0.4 is 20.3 Å². The molecule has 0 spiro atoms. The van der Waals surface area contributed by atoms with Crippen molar-refractivity contribution in [1.29, 1.82) is 0 Å². The first-order valence-electron chi connectivity index (χ1n) is 8.95. The fraction of sp³-hybridized carbons (Fsp3) is 0.474. The molecule has 6 nitrogen and oxygen atoms in total. The molecule has 0 saturated heterocycles. The van der Waals surface area contributed by atoms with Gasteiger partial charge in [-0.15, -0.1) is 0 Å². The minimum atomic E-state index is -0.00446. The molecular weight excluding hydrogens is 318 g/mol. The highest BCUT2D eigenvalue weighted by Crippen LogP contribution is 2.31. The lowest BCUT2D eigenvalue weighted by Crippen LogP contribution is -2.36. The van der Waals surface area contributed by atoms with E-state index in [1.54, 1.807) is 23.0 Å². The quantitative estimate of drug-likeness (QED) is 0.924. The van der Waals surface area contributed by atoms with Crippen molar-refractivity contribution in [3.05, 3.63) is 52.4 Å². The fourth-order valence-electron chi connectivity index (χ4n) is 3.63. The molecule has 1 aliphatic heterocycles. The zero-order valence-electron chi connectivity index (χ0n) is 14.2. The number of ether oxygens (including phenoxy) is 2. The Morgan fingerprint density at radius 2 is 1.88 bits per heavy atom. The molecule has 1 aromatic heterocycles. The van der Waals surface area contributed by atoms with Crippen molar-refractivity contribution in [2.45, 2.75) is 44.3 Å². The standard InChI is InChI=1S/C19H23N3O3/c23-19-2-1-9-21-22(19)16-6-4-15(5-7-16)20-13-14-3-8-17-18(12-14)25-11-10-24-17/h1-3,8-9,12,15-16,20H,4-7,10-11,13H2. The number of nitrogens with zero attached hydrogens (tertiary/aromatic N) is 2. The number of rotatable bonds is 4. The summed E-state index contributed by atoms with van der Waals surface area (Å²) in [5.74, 6) is 1.67. The van der Waals surface area contributed by atoms with Crippen LogP contribution >= 0.6 is 0 Å². The fourth-order valence-corrected chi connectivity index (χ4v) is 3.63. The molecule has 1 aliphatic carbocycles. The van der Waals surface area contributed by atoms with E-state index >= 15 is 0 Å². The Kier molecular flexibility index (Phi) is 4.70. The minimum Gasteiger partial charge on any atom is -0.486 e. The van der Waals surface area contributed by atoms with Crippen LogP contribution in [0, 0.1) is 0 Å². The topological polar surface area (TPSA) is 65.4 Å². The summed E-state index contributed by atoms with van der Waals surface area (Å²) < 4.78 is 12.8. The summed E-state index contributed by atoms with van der Waals surface area (Å²) in [7, 11) is 0. The Labute approximate surface area is 146 Å². The third-order valence-corrected chi connectivity index (χ3v) is 4.99. The van der Waals surface area contributed by atoms with E-state index in [2.05, 4.69) is 22.5 Å². The molecule has 4 rings (SSSR count). The molecule has 2 aromatic rings. The van der Waals surface area contributed by atoms with Gasteiger partial charge in [-0.05, 0) is 49.4 Å². The van der Waals surface area contributed by atoms with Crippen LogP contribution in [0.5, 0.6) is 11.5 Å². The Hall–Kier alpha value is -2.34. The number of hydrogen-bond donors (Lipinski definition) is 1. The van der Waals surface area contributed by atoms with Gasteiger partial charge in [-0.1, -0.05) is 6.07 Å². The number of nitrogens with one attached hydrogen (secondary N) is 1. The molecule has 0 amide bonds. The highest BCUT2D eigenvalue weighted by atomic mass is 16.6. The second-order valence-electron chi connectivity index (χ2n) is 6.67. The number of fused-ring (bicyclic) bond motifs is 1. The molecule has 0 radical (unpaired) electrons. The molecular formula is C19H23N3O3. The first-order valence-corrected chi connectivity index (χ1v) is 8.95. The van der Waals surface area contributed by atoms with Gasteiger partial charge in [-0.2, -0.15) is 5.10 Å². The van der Waals surface area contributed by atoms with Crippen molar-refractivity contribution in [2.24, 2.45) is 0 Å². The van der Waals surface area contributed by atoms with Gasteiger partial charge in [0.05, 0.1) is 6.04 Å². The van der Waals surface area contributed by atoms with Crippen LogP contribution in [-0.4, -0.2) is 29.0 Å². The van der Waals surface area contributed by atoms with Crippen LogP contribution in [0.15, 0.2) is 41.3 Å². The lowest BCUT2D eigenvalue weighted by Gasteiger charge is -2.29. The van der Waals surface area contributed by atoms with Crippen molar-refractivity contribution >= 4 is 0 Å². The maximum atomic E-state index is 11.9. The lowest BCUT2D eigenvalue weighted by atomic mass is 9.91. The molecule has 0 unspecified atom stereocenters. The maximum absolute atomic E-state index is 11.9. The highest BCUT2D eigenvalue weighted by Gasteiger charge is 2.23. The SMILES string of the molecule is O=c1cccnn1C1CCC(NCc2ccc3c(c2)OCCO3)CC1. The van der Waals surface area contributed by atoms with Crippen LogP contribution in [0.25, 0.3) is 0 Å².